The molecule has 3 aliphatic heterocycles. The highest BCUT2D eigenvalue weighted by Gasteiger charge is 2.34. The van der Waals surface area contributed by atoms with Gasteiger partial charge < -0.3 is 24.8 Å². The molecule has 2 amide bonds. The number of carbonyl (C=O) groups is 2. The van der Waals surface area contributed by atoms with Crippen molar-refractivity contribution in [2.75, 3.05) is 50.6 Å². The van der Waals surface area contributed by atoms with E-state index in [4.69, 9.17) is 16.3 Å². The van der Waals surface area contributed by atoms with Crippen molar-refractivity contribution in [1.29, 1.82) is 0 Å². The number of ether oxygens (including phenoxy) is 1. The first-order chi connectivity index (χ1) is 22.2. The predicted octanol–water partition coefficient (Wildman–Crippen LogP) is 4.69. The number of hydrogen-bond acceptors (Lipinski definition) is 9. The predicted molar refractivity (Wildman–Crippen MR) is 180 cm³/mol. The van der Waals surface area contributed by atoms with Crippen LogP contribution < -0.4 is 10.2 Å². The van der Waals surface area contributed by atoms with E-state index >= 15 is 0 Å². The second kappa shape index (κ2) is 13.8. The van der Waals surface area contributed by atoms with Crippen LogP contribution in [0.3, 0.4) is 0 Å². The Balaban J connectivity index is 1.13. The van der Waals surface area contributed by atoms with E-state index in [1.54, 1.807) is 30.3 Å². The second-order valence-corrected chi connectivity index (χ2v) is 12.9. The maximum atomic E-state index is 13.6. The lowest BCUT2D eigenvalue weighted by Gasteiger charge is -2.35. The molecule has 1 aromatic carbocycles. The van der Waals surface area contributed by atoms with E-state index in [2.05, 4.69) is 49.2 Å². The highest BCUT2D eigenvalue weighted by molar-refractivity contribution is 6.33. The van der Waals surface area contributed by atoms with Gasteiger partial charge in [0.15, 0.2) is 0 Å². The Morgan fingerprint density at radius 3 is 2.61 bits per heavy atom. The third-order valence-corrected chi connectivity index (χ3v) is 9.58. The van der Waals surface area contributed by atoms with Crippen LogP contribution in [0.1, 0.15) is 61.0 Å². The molecule has 5 heterocycles. The van der Waals surface area contributed by atoms with Crippen LogP contribution in [0.4, 0.5) is 11.8 Å². The lowest BCUT2D eigenvalue weighted by atomic mass is 10.0. The molecular weight excluding hydrogens is 604 g/mol. The molecular formula is C34H41ClN8O3. The maximum Gasteiger partial charge on any atom is 0.268 e. The zero-order valence-corrected chi connectivity index (χ0v) is 27.6. The van der Waals surface area contributed by atoms with Crippen molar-refractivity contribution >= 4 is 40.9 Å². The summed E-state index contributed by atoms with van der Waals surface area (Å²) in [6.45, 7) is 7.15. The number of aromatic nitrogens is 3. The Morgan fingerprint density at radius 1 is 1.11 bits per heavy atom. The Labute approximate surface area is 275 Å². The normalized spacial score (nSPS) is 18.7. The van der Waals surface area contributed by atoms with Crippen molar-refractivity contribution in [2.24, 2.45) is 4.99 Å². The third-order valence-electron chi connectivity index (χ3n) is 9.30. The van der Waals surface area contributed by atoms with Crippen LogP contribution in [0.15, 0.2) is 47.7 Å². The van der Waals surface area contributed by atoms with Crippen LogP contribution in [-0.4, -0.2) is 101 Å². The first kappa shape index (κ1) is 32.0. The van der Waals surface area contributed by atoms with Crippen molar-refractivity contribution in [3.8, 4) is 11.3 Å². The number of amides is 2. The Bertz CT molecular complexity index is 1630. The van der Waals surface area contributed by atoms with Crippen LogP contribution >= 0.6 is 11.6 Å². The first-order valence-corrected chi connectivity index (χ1v) is 16.3. The molecule has 0 radical (unpaired) electrons. The van der Waals surface area contributed by atoms with E-state index < -0.39 is 6.04 Å². The molecule has 12 heteroatoms. The van der Waals surface area contributed by atoms with Gasteiger partial charge in [0, 0.05) is 73.5 Å². The lowest BCUT2D eigenvalue weighted by molar-refractivity contribution is -0.121. The summed E-state index contributed by atoms with van der Waals surface area (Å²) >= 11 is 6.52. The van der Waals surface area contributed by atoms with Gasteiger partial charge in [-0.3, -0.25) is 9.59 Å². The van der Waals surface area contributed by atoms with Crippen molar-refractivity contribution in [2.45, 2.75) is 64.2 Å². The van der Waals surface area contributed by atoms with Crippen LogP contribution in [0.25, 0.3) is 11.3 Å². The van der Waals surface area contributed by atoms with Crippen LogP contribution in [0.5, 0.6) is 0 Å². The van der Waals surface area contributed by atoms with Crippen molar-refractivity contribution in [3.05, 3.63) is 64.4 Å². The van der Waals surface area contributed by atoms with Gasteiger partial charge in [0.25, 0.3) is 11.8 Å². The van der Waals surface area contributed by atoms with E-state index in [1.807, 2.05) is 31.2 Å². The molecule has 0 aliphatic carbocycles. The fraction of sp³-hybridized carbons (Fsp3) is 0.471. The molecule has 0 bridgehead atoms. The molecule has 1 N–H and O–H groups in total. The summed E-state index contributed by atoms with van der Waals surface area (Å²) in [5.41, 5.74) is 4.07. The second-order valence-electron chi connectivity index (χ2n) is 12.5. The van der Waals surface area contributed by atoms with E-state index in [0.717, 1.165) is 55.7 Å². The van der Waals surface area contributed by atoms with Gasteiger partial charge in [0.2, 0.25) is 5.95 Å². The molecule has 3 aromatic rings. The van der Waals surface area contributed by atoms with Crippen molar-refractivity contribution in [3.63, 3.8) is 0 Å². The third kappa shape index (κ3) is 6.91. The van der Waals surface area contributed by atoms with Crippen LogP contribution in [0, 0.1) is 0 Å². The van der Waals surface area contributed by atoms with Gasteiger partial charge in [0.1, 0.15) is 11.9 Å². The Kier molecular flexibility index (Phi) is 9.62. The molecule has 2 aromatic heterocycles. The standard InChI is InChI=1S/C34H41ClN8O3/c1-21(23-7-12-36-30(18-23)42-13-8-27(9-14-42)41(3)4)38-32(44)22(2)43-20-25-6-5-24(17-28(25)33(43)45)31-29(35)19-37-34(40-31)39-26-10-15-46-16-11-26/h5-7,12,17-19,22,26-27H,8-11,13-16,20H2,1-4H3,(H,37,39,40)/t22-/m1/s1. The number of hydrogen-bond donors (Lipinski definition) is 1. The number of rotatable bonds is 8. The summed E-state index contributed by atoms with van der Waals surface area (Å²) < 4.78 is 5.44. The van der Waals surface area contributed by atoms with E-state index in [-0.39, 0.29) is 17.9 Å². The van der Waals surface area contributed by atoms with Gasteiger partial charge in [-0.2, -0.15) is 0 Å². The minimum absolute atomic E-state index is 0.219. The van der Waals surface area contributed by atoms with Gasteiger partial charge in [-0.05, 0) is 77.4 Å². The smallest absolute Gasteiger partial charge is 0.268 e. The summed E-state index contributed by atoms with van der Waals surface area (Å²) in [4.78, 5) is 51.1. The molecule has 11 nitrogen and oxygen atoms in total. The largest absolute Gasteiger partial charge is 0.381 e. The van der Waals surface area contributed by atoms with Crippen molar-refractivity contribution in [1.82, 2.24) is 24.8 Å². The van der Waals surface area contributed by atoms with Gasteiger partial charge in [-0.1, -0.05) is 23.7 Å². The number of nitrogens with zero attached hydrogens (tertiary/aromatic N) is 7. The summed E-state index contributed by atoms with van der Waals surface area (Å²) in [5, 5.41) is 3.77. The fourth-order valence-corrected chi connectivity index (χ4v) is 6.53. The summed E-state index contributed by atoms with van der Waals surface area (Å²) in [6.07, 6.45) is 7.26. The molecule has 1 atom stereocenters. The quantitative estimate of drug-likeness (QED) is 0.349. The zero-order chi connectivity index (χ0) is 32.4. The van der Waals surface area contributed by atoms with Gasteiger partial charge in [0.05, 0.1) is 16.9 Å². The van der Waals surface area contributed by atoms with E-state index in [1.165, 1.54) is 0 Å². The maximum absolute atomic E-state index is 13.6. The molecule has 6 rings (SSSR count). The number of fused-ring (bicyclic) bond motifs is 1. The lowest BCUT2D eigenvalue weighted by Crippen LogP contribution is -2.42. The molecule has 0 unspecified atom stereocenters. The average molecular weight is 645 g/mol. The van der Waals surface area contributed by atoms with Gasteiger partial charge in [-0.25, -0.2) is 19.9 Å². The number of carbonyl (C=O) groups excluding carboxylic acids is 2. The number of nitrogens with one attached hydrogen (secondary N) is 1. The minimum Gasteiger partial charge on any atom is -0.381 e. The number of benzene rings is 1. The molecule has 0 spiro atoms. The molecule has 46 heavy (non-hydrogen) atoms. The zero-order valence-electron chi connectivity index (χ0n) is 26.9. The number of halogens is 1. The Morgan fingerprint density at radius 2 is 1.87 bits per heavy atom. The average Bonchev–Trinajstić information content (AvgIpc) is 3.41. The molecule has 2 fully saturated rings. The van der Waals surface area contributed by atoms with E-state index in [9.17, 15) is 9.59 Å². The first-order valence-electron chi connectivity index (χ1n) is 16.0. The van der Waals surface area contributed by atoms with Crippen LogP contribution in [-0.2, 0) is 16.1 Å². The highest BCUT2D eigenvalue weighted by Crippen LogP contribution is 2.33. The van der Waals surface area contributed by atoms with Crippen molar-refractivity contribution < 1.29 is 14.3 Å². The fourth-order valence-electron chi connectivity index (χ4n) is 6.33. The van der Waals surface area contributed by atoms with Gasteiger partial charge in [-0.15, -0.1) is 0 Å². The monoisotopic (exact) mass is 644 g/mol. The molecule has 242 valence electrons. The number of anilines is 2. The van der Waals surface area contributed by atoms with Gasteiger partial charge >= 0.3 is 0 Å². The number of pyridine rings is 1. The SMILES string of the molecule is CC(=NC(=O)[C@@H](C)N1Cc2ccc(-c3nc(NC4CCOCC4)ncc3Cl)cc2C1=O)c1ccnc(N2CCC(N(C)C)CC2)c1. The minimum atomic E-state index is -0.734. The topological polar surface area (TPSA) is 116 Å². The summed E-state index contributed by atoms with van der Waals surface area (Å²) in [6, 6.07) is 9.55. The summed E-state index contributed by atoms with van der Waals surface area (Å²) in [7, 11) is 4.25. The van der Waals surface area contributed by atoms with Crippen LogP contribution in [0.2, 0.25) is 5.02 Å². The molecule has 0 saturated carbocycles. The number of piperidine rings is 1. The molecule has 2 saturated heterocycles. The van der Waals surface area contributed by atoms with E-state index in [0.29, 0.717) is 59.3 Å². The Hall–Kier alpha value is -3.93. The highest BCUT2D eigenvalue weighted by atomic mass is 35.5. The summed E-state index contributed by atoms with van der Waals surface area (Å²) in [5.74, 6) is 0.791. The number of aliphatic imine (C=N–C) groups is 1. The molecule has 3 aliphatic rings.